The molecule has 0 saturated carbocycles. The molecule has 0 bridgehead atoms. The molecule has 0 saturated heterocycles. The number of carbonyl (C=O) groups is 1. The largest absolute Gasteiger partial charge is 0.499 e. The first-order chi connectivity index (χ1) is 11.3. The first-order valence-electron chi connectivity index (χ1n) is 7.55. The molecule has 4 heteroatoms. The lowest BCUT2D eigenvalue weighted by atomic mass is 9.93. The van der Waals surface area contributed by atoms with E-state index in [1.54, 1.807) is 19.6 Å². The fourth-order valence-corrected chi connectivity index (χ4v) is 2.70. The van der Waals surface area contributed by atoms with Crippen molar-refractivity contribution in [2.24, 2.45) is 0 Å². The van der Waals surface area contributed by atoms with E-state index >= 15 is 0 Å². The Bertz CT molecular complexity index is 713. The minimum absolute atomic E-state index is 0.0171. The monoisotopic (exact) mass is 309 g/mol. The van der Waals surface area contributed by atoms with Crippen LogP contribution in [0.3, 0.4) is 0 Å². The van der Waals surface area contributed by atoms with Crippen molar-refractivity contribution in [3.8, 4) is 0 Å². The van der Waals surface area contributed by atoms with Gasteiger partial charge in [-0.1, -0.05) is 30.3 Å². The van der Waals surface area contributed by atoms with Gasteiger partial charge < -0.3 is 14.8 Å². The van der Waals surface area contributed by atoms with Gasteiger partial charge in [0, 0.05) is 6.42 Å². The Morgan fingerprint density at radius 2 is 2.17 bits per heavy atom. The first kappa shape index (κ1) is 15.2. The van der Waals surface area contributed by atoms with Crippen LogP contribution in [0, 0.1) is 0 Å². The van der Waals surface area contributed by atoms with Crippen LogP contribution < -0.4 is 5.32 Å². The van der Waals surface area contributed by atoms with E-state index in [1.165, 1.54) is 0 Å². The summed E-state index contributed by atoms with van der Waals surface area (Å²) in [6.07, 6.45) is 11.3. The van der Waals surface area contributed by atoms with Crippen molar-refractivity contribution in [2.45, 2.75) is 12.5 Å². The number of allylic oxidation sites excluding steroid dienone is 2. The van der Waals surface area contributed by atoms with Gasteiger partial charge in [-0.25, -0.2) is 0 Å². The van der Waals surface area contributed by atoms with Crippen molar-refractivity contribution < 1.29 is 14.3 Å². The molecule has 118 valence electrons. The minimum Gasteiger partial charge on any atom is -0.499 e. The number of ether oxygens (including phenoxy) is 2. The number of hydrogen-bond acceptors (Lipinski definition) is 4. The van der Waals surface area contributed by atoms with E-state index in [-0.39, 0.29) is 11.8 Å². The number of carbonyl (C=O) groups excluding carboxylic acids is 1. The second-order valence-electron chi connectivity index (χ2n) is 5.34. The number of dihydropyridines is 1. The Labute approximate surface area is 135 Å². The van der Waals surface area contributed by atoms with Crippen molar-refractivity contribution in [3.63, 3.8) is 0 Å². The molecule has 2 aliphatic rings. The molecule has 1 atom stereocenters. The van der Waals surface area contributed by atoms with Crippen LogP contribution in [0.2, 0.25) is 0 Å². The number of methoxy groups -OCH3 is 1. The fourth-order valence-electron chi connectivity index (χ4n) is 2.70. The quantitative estimate of drug-likeness (QED) is 0.912. The van der Waals surface area contributed by atoms with Crippen LogP contribution in [-0.2, 0) is 20.7 Å². The lowest BCUT2D eigenvalue weighted by Crippen LogP contribution is -2.35. The smallest absolute Gasteiger partial charge is 0.168 e. The molecule has 2 heterocycles. The summed E-state index contributed by atoms with van der Waals surface area (Å²) in [5.74, 6) is 0.708. The third-order valence-corrected chi connectivity index (χ3v) is 3.88. The predicted octanol–water partition coefficient (Wildman–Crippen LogP) is 2.74. The van der Waals surface area contributed by atoms with Gasteiger partial charge in [-0.3, -0.25) is 4.79 Å². The van der Waals surface area contributed by atoms with Crippen molar-refractivity contribution in [1.29, 1.82) is 0 Å². The summed E-state index contributed by atoms with van der Waals surface area (Å²) in [6, 6.07) is 7.59. The molecule has 1 aromatic rings. The molecule has 1 aromatic carbocycles. The number of rotatable bonds is 2. The number of nitrogens with one attached hydrogen (secondary N) is 1. The summed E-state index contributed by atoms with van der Waals surface area (Å²) in [6.45, 7) is 0.416. The van der Waals surface area contributed by atoms with Crippen LogP contribution in [0.15, 0.2) is 66.3 Å². The maximum atomic E-state index is 12.8. The molecule has 0 amide bonds. The fraction of sp³-hybridized carbons (Fsp3) is 0.211. The average Bonchev–Trinajstić information content (AvgIpc) is 2.59. The van der Waals surface area contributed by atoms with Gasteiger partial charge in [0.15, 0.2) is 5.78 Å². The zero-order valence-electron chi connectivity index (χ0n) is 13.0. The van der Waals surface area contributed by atoms with Crippen LogP contribution in [0.25, 0.3) is 6.08 Å². The molecule has 0 spiro atoms. The molecule has 0 aromatic heterocycles. The van der Waals surface area contributed by atoms with Crippen LogP contribution in [0.1, 0.15) is 11.1 Å². The Morgan fingerprint density at radius 1 is 1.30 bits per heavy atom. The van der Waals surface area contributed by atoms with E-state index in [0.717, 1.165) is 11.1 Å². The number of benzene rings is 1. The van der Waals surface area contributed by atoms with Gasteiger partial charge >= 0.3 is 0 Å². The van der Waals surface area contributed by atoms with Gasteiger partial charge in [-0.05, 0) is 35.6 Å². The summed E-state index contributed by atoms with van der Waals surface area (Å²) in [5, 5.41) is 3.17. The summed E-state index contributed by atoms with van der Waals surface area (Å²) < 4.78 is 10.9. The number of ketones is 1. The summed E-state index contributed by atoms with van der Waals surface area (Å²) >= 11 is 0. The van der Waals surface area contributed by atoms with Gasteiger partial charge in [0.1, 0.15) is 18.4 Å². The Kier molecular flexibility index (Phi) is 4.62. The normalized spacial score (nSPS) is 24.2. The molecule has 2 aliphatic heterocycles. The molecule has 1 unspecified atom stereocenters. The topological polar surface area (TPSA) is 47.6 Å². The number of hydrogen-bond donors (Lipinski definition) is 1. The third-order valence-electron chi connectivity index (χ3n) is 3.88. The van der Waals surface area contributed by atoms with Crippen molar-refractivity contribution in [3.05, 3.63) is 77.4 Å². The first-order valence-corrected chi connectivity index (χ1v) is 7.55. The predicted molar refractivity (Wildman–Crippen MR) is 89.4 cm³/mol. The molecule has 0 radical (unpaired) electrons. The lowest BCUT2D eigenvalue weighted by Gasteiger charge is -2.24. The molecule has 1 N–H and O–H groups in total. The SMILES string of the molecule is COC1=CC=CNC1/C1=C/OC/C=C\c2ccccc2CC1=O. The van der Waals surface area contributed by atoms with Gasteiger partial charge in [-0.2, -0.15) is 0 Å². The highest BCUT2D eigenvalue weighted by Crippen LogP contribution is 2.21. The molecule has 4 nitrogen and oxygen atoms in total. The molecule has 23 heavy (non-hydrogen) atoms. The average molecular weight is 309 g/mol. The minimum atomic E-state index is -0.326. The van der Waals surface area contributed by atoms with Gasteiger partial charge in [0.2, 0.25) is 0 Å². The zero-order valence-corrected chi connectivity index (χ0v) is 13.0. The van der Waals surface area contributed by atoms with Gasteiger partial charge in [0.05, 0.1) is 18.9 Å². The van der Waals surface area contributed by atoms with E-state index in [0.29, 0.717) is 24.4 Å². The van der Waals surface area contributed by atoms with Gasteiger partial charge in [0.25, 0.3) is 0 Å². The molecule has 0 aliphatic carbocycles. The number of Topliss-reactive ketones (excluding diaryl/α,β-unsaturated/α-hetero) is 1. The summed E-state index contributed by atoms with van der Waals surface area (Å²) in [7, 11) is 1.60. The highest BCUT2D eigenvalue weighted by atomic mass is 16.5. The molecule has 0 fully saturated rings. The van der Waals surface area contributed by atoms with Crippen LogP contribution in [0.5, 0.6) is 0 Å². The Hall–Kier alpha value is -2.75. The summed E-state index contributed by atoms with van der Waals surface area (Å²) in [5.41, 5.74) is 2.62. The third kappa shape index (κ3) is 3.37. The second-order valence-corrected chi connectivity index (χ2v) is 5.34. The van der Waals surface area contributed by atoms with Crippen molar-refractivity contribution in [1.82, 2.24) is 5.32 Å². The van der Waals surface area contributed by atoms with Gasteiger partial charge in [-0.15, -0.1) is 0 Å². The van der Waals surface area contributed by atoms with Crippen molar-refractivity contribution in [2.75, 3.05) is 13.7 Å². The highest BCUT2D eigenvalue weighted by molar-refractivity contribution is 5.98. The van der Waals surface area contributed by atoms with E-state index in [1.807, 2.05) is 48.6 Å². The van der Waals surface area contributed by atoms with E-state index in [2.05, 4.69) is 5.32 Å². The van der Waals surface area contributed by atoms with E-state index in [4.69, 9.17) is 9.47 Å². The van der Waals surface area contributed by atoms with Crippen LogP contribution >= 0.6 is 0 Å². The Balaban J connectivity index is 1.94. The van der Waals surface area contributed by atoms with Crippen LogP contribution in [0.4, 0.5) is 0 Å². The summed E-state index contributed by atoms with van der Waals surface area (Å²) in [4.78, 5) is 12.8. The van der Waals surface area contributed by atoms with E-state index in [9.17, 15) is 4.79 Å². The standard InChI is InChI=1S/C19H19NO3/c1-22-18-9-4-10-20-19(18)16-13-23-11-5-8-14-6-2-3-7-15(14)12-17(16)21/h2-10,13,19-20H,11-12H2,1H3/b8-5-,16-13+. The van der Waals surface area contributed by atoms with E-state index < -0.39 is 0 Å². The molecular weight excluding hydrogens is 290 g/mol. The van der Waals surface area contributed by atoms with Crippen LogP contribution in [-0.4, -0.2) is 25.5 Å². The maximum Gasteiger partial charge on any atom is 0.168 e. The molecule has 3 rings (SSSR count). The zero-order chi connectivity index (χ0) is 16.1. The molecular formula is C19H19NO3. The highest BCUT2D eigenvalue weighted by Gasteiger charge is 2.27. The second kappa shape index (κ2) is 7.01. The maximum absolute atomic E-state index is 12.8. The number of fused-ring (bicyclic) bond motifs is 1. The lowest BCUT2D eigenvalue weighted by molar-refractivity contribution is -0.115. The van der Waals surface area contributed by atoms with Crippen molar-refractivity contribution >= 4 is 11.9 Å². The Morgan fingerprint density at radius 3 is 3.04 bits per heavy atom.